The van der Waals surface area contributed by atoms with Crippen LogP contribution in [0.15, 0.2) is 30.3 Å². The molecule has 1 aromatic heterocycles. The zero-order valence-electron chi connectivity index (χ0n) is 15.9. The van der Waals surface area contributed by atoms with Crippen molar-refractivity contribution in [1.82, 2.24) is 9.29 Å². The first-order valence-electron chi connectivity index (χ1n) is 9.72. The first-order chi connectivity index (χ1) is 12.9. The van der Waals surface area contributed by atoms with Gasteiger partial charge in [0.15, 0.2) is 0 Å². The molecule has 1 amide bonds. The van der Waals surface area contributed by atoms with Crippen LogP contribution in [0.3, 0.4) is 0 Å². The summed E-state index contributed by atoms with van der Waals surface area (Å²) < 4.78 is 28.8. The van der Waals surface area contributed by atoms with Crippen molar-refractivity contribution < 1.29 is 13.2 Å². The van der Waals surface area contributed by atoms with Gasteiger partial charge in [-0.3, -0.25) is 4.79 Å². The van der Waals surface area contributed by atoms with E-state index in [1.807, 2.05) is 19.1 Å². The number of carbonyl (C=O) groups is 1. The molecule has 0 radical (unpaired) electrons. The third-order valence-corrected chi connectivity index (χ3v) is 7.67. The number of hydrogen-bond acceptors (Lipinski definition) is 3. The van der Waals surface area contributed by atoms with Crippen LogP contribution in [0.1, 0.15) is 71.8 Å². The molecule has 6 heteroatoms. The van der Waals surface area contributed by atoms with Crippen LogP contribution >= 0.6 is 0 Å². The van der Waals surface area contributed by atoms with Crippen LogP contribution in [0.25, 0.3) is 5.69 Å². The predicted molar refractivity (Wildman–Crippen MR) is 106 cm³/mol. The standard InChI is InChI=1S/C21H26N2O3S/c1-14-13-19(16-7-3-4-8-16)15(2)23(14)20-10-6-5-9-18(20)21(24)22-27(25,26)17-11-12-17/h5-6,9-10,13,16-17H,3-4,7-8,11-12H2,1-2H3,(H,22,24). The van der Waals surface area contributed by atoms with Gasteiger partial charge in [0.1, 0.15) is 0 Å². The lowest BCUT2D eigenvalue weighted by Gasteiger charge is -2.16. The number of carbonyl (C=O) groups excluding carboxylic acids is 1. The summed E-state index contributed by atoms with van der Waals surface area (Å²) in [5, 5.41) is -0.419. The van der Waals surface area contributed by atoms with E-state index in [0.717, 1.165) is 17.1 Å². The highest BCUT2D eigenvalue weighted by Crippen LogP contribution is 2.38. The number of benzene rings is 1. The molecule has 1 N–H and O–H groups in total. The number of hydrogen-bond donors (Lipinski definition) is 1. The number of nitrogens with zero attached hydrogens (tertiary/aromatic N) is 1. The zero-order chi connectivity index (χ0) is 19.2. The Morgan fingerprint density at radius 1 is 1.07 bits per heavy atom. The highest BCUT2D eigenvalue weighted by atomic mass is 32.2. The molecule has 1 heterocycles. The van der Waals surface area contributed by atoms with E-state index in [0.29, 0.717) is 24.3 Å². The molecule has 2 aromatic rings. The van der Waals surface area contributed by atoms with E-state index in [9.17, 15) is 13.2 Å². The van der Waals surface area contributed by atoms with Crippen LogP contribution in [0.2, 0.25) is 0 Å². The molecule has 0 unspecified atom stereocenters. The molecule has 2 aliphatic carbocycles. The maximum atomic E-state index is 12.8. The fraction of sp³-hybridized carbons (Fsp3) is 0.476. The molecule has 27 heavy (non-hydrogen) atoms. The summed E-state index contributed by atoms with van der Waals surface area (Å²) in [4.78, 5) is 12.8. The summed E-state index contributed by atoms with van der Waals surface area (Å²) in [5.41, 5.74) is 4.69. The average Bonchev–Trinajstić information content (AvgIpc) is 3.29. The normalized spacial score (nSPS) is 18.0. The molecule has 0 saturated heterocycles. The third kappa shape index (κ3) is 3.43. The monoisotopic (exact) mass is 386 g/mol. The summed E-state index contributed by atoms with van der Waals surface area (Å²) in [6.45, 7) is 4.14. The van der Waals surface area contributed by atoms with Gasteiger partial charge in [0.05, 0.1) is 16.5 Å². The van der Waals surface area contributed by atoms with E-state index >= 15 is 0 Å². The van der Waals surface area contributed by atoms with E-state index in [-0.39, 0.29) is 0 Å². The van der Waals surface area contributed by atoms with Crippen molar-refractivity contribution in [2.75, 3.05) is 0 Å². The molecule has 5 nitrogen and oxygen atoms in total. The lowest BCUT2D eigenvalue weighted by molar-refractivity contribution is 0.0981. The zero-order valence-corrected chi connectivity index (χ0v) is 16.7. The molecule has 1 aromatic carbocycles. The van der Waals surface area contributed by atoms with Crippen LogP contribution < -0.4 is 4.72 Å². The second-order valence-corrected chi connectivity index (χ2v) is 9.80. The first kappa shape index (κ1) is 18.3. The Morgan fingerprint density at radius 2 is 1.74 bits per heavy atom. The van der Waals surface area contributed by atoms with E-state index in [1.165, 1.54) is 31.2 Å². The summed E-state index contributed by atoms with van der Waals surface area (Å²) >= 11 is 0. The Labute approximate surface area is 160 Å². The number of aryl methyl sites for hydroxylation is 1. The molecular weight excluding hydrogens is 360 g/mol. The largest absolute Gasteiger partial charge is 0.317 e. The van der Waals surface area contributed by atoms with Gasteiger partial charge in [-0.05, 0) is 69.2 Å². The molecule has 0 atom stereocenters. The van der Waals surface area contributed by atoms with Crippen molar-refractivity contribution in [3.05, 3.63) is 52.8 Å². The Bertz CT molecular complexity index is 981. The van der Waals surface area contributed by atoms with Crippen molar-refractivity contribution in [3.8, 4) is 5.69 Å². The summed E-state index contributed by atoms with van der Waals surface area (Å²) in [7, 11) is -3.57. The van der Waals surface area contributed by atoms with Gasteiger partial charge in [-0.15, -0.1) is 0 Å². The van der Waals surface area contributed by atoms with Crippen LogP contribution in [0, 0.1) is 13.8 Å². The molecule has 2 aliphatic rings. The van der Waals surface area contributed by atoms with Gasteiger partial charge in [-0.1, -0.05) is 25.0 Å². The number of aromatic nitrogens is 1. The Balaban J connectivity index is 1.72. The van der Waals surface area contributed by atoms with E-state index in [2.05, 4.69) is 22.3 Å². The molecule has 144 valence electrons. The topological polar surface area (TPSA) is 68.2 Å². The van der Waals surface area contributed by atoms with Gasteiger partial charge in [0, 0.05) is 11.4 Å². The highest BCUT2D eigenvalue weighted by Gasteiger charge is 2.37. The summed E-state index contributed by atoms with van der Waals surface area (Å²) in [5.74, 6) is 0.0357. The molecule has 2 fully saturated rings. The second kappa shape index (κ2) is 6.82. The van der Waals surface area contributed by atoms with Crippen LogP contribution in [0.5, 0.6) is 0 Å². The third-order valence-electron chi connectivity index (χ3n) is 5.85. The van der Waals surface area contributed by atoms with E-state index in [4.69, 9.17) is 0 Å². The molecule has 2 saturated carbocycles. The minimum atomic E-state index is -3.57. The van der Waals surface area contributed by atoms with Crippen LogP contribution in [-0.4, -0.2) is 24.1 Å². The van der Waals surface area contributed by atoms with Gasteiger partial charge >= 0.3 is 0 Å². The Morgan fingerprint density at radius 3 is 2.41 bits per heavy atom. The lowest BCUT2D eigenvalue weighted by Crippen LogP contribution is -2.33. The fourth-order valence-electron chi connectivity index (χ4n) is 4.31. The Hall–Kier alpha value is -2.08. The smallest absolute Gasteiger partial charge is 0.266 e. The molecule has 0 aliphatic heterocycles. The number of amides is 1. The predicted octanol–water partition coefficient (Wildman–Crippen LogP) is 3.97. The minimum absolute atomic E-state index is 0.390. The summed E-state index contributed by atoms with van der Waals surface area (Å²) in [6, 6.07) is 9.46. The minimum Gasteiger partial charge on any atom is -0.317 e. The summed E-state index contributed by atoms with van der Waals surface area (Å²) in [6.07, 6.45) is 6.23. The highest BCUT2D eigenvalue weighted by molar-refractivity contribution is 7.91. The van der Waals surface area contributed by atoms with Gasteiger partial charge in [0.25, 0.3) is 5.91 Å². The van der Waals surface area contributed by atoms with E-state index < -0.39 is 21.2 Å². The number of nitrogens with one attached hydrogen (secondary N) is 1. The van der Waals surface area contributed by atoms with Crippen molar-refractivity contribution in [2.24, 2.45) is 0 Å². The molecule has 0 spiro atoms. The van der Waals surface area contributed by atoms with Gasteiger partial charge in [-0.2, -0.15) is 0 Å². The fourth-order valence-corrected chi connectivity index (χ4v) is 5.61. The first-order valence-corrected chi connectivity index (χ1v) is 11.3. The number of para-hydroxylation sites is 1. The maximum absolute atomic E-state index is 12.8. The van der Waals surface area contributed by atoms with Crippen molar-refractivity contribution in [1.29, 1.82) is 0 Å². The quantitative estimate of drug-likeness (QED) is 0.845. The van der Waals surface area contributed by atoms with Gasteiger partial charge in [0.2, 0.25) is 10.0 Å². The molecule has 0 bridgehead atoms. The SMILES string of the molecule is Cc1cc(C2CCCC2)c(C)n1-c1ccccc1C(=O)NS(=O)(=O)C1CC1. The number of sulfonamides is 1. The molecular formula is C21H26N2O3S. The van der Waals surface area contributed by atoms with Crippen molar-refractivity contribution in [2.45, 2.75) is 63.5 Å². The second-order valence-electron chi connectivity index (χ2n) is 7.84. The van der Waals surface area contributed by atoms with Crippen LogP contribution in [0.4, 0.5) is 0 Å². The van der Waals surface area contributed by atoms with Gasteiger partial charge < -0.3 is 4.57 Å². The van der Waals surface area contributed by atoms with Crippen molar-refractivity contribution in [3.63, 3.8) is 0 Å². The lowest BCUT2D eigenvalue weighted by atomic mass is 9.98. The van der Waals surface area contributed by atoms with Gasteiger partial charge in [-0.25, -0.2) is 13.1 Å². The van der Waals surface area contributed by atoms with Crippen molar-refractivity contribution >= 4 is 15.9 Å². The Kier molecular flexibility index (Phi) is 4.62. The van der Waals surface area contributed by atoms with Crippen LogP contribution in [-0.2, 0) is 10.0 Å². The van der Waals surface area contributed by atoms with E-state index in [1.54, 1.807) is 12.1 Å². The number of rotatable bonds is 5. The average molecular weight is 387 g/mol. The maximum Gasteiger partial charge on any atom is 0.266 e. The molecule has 4 rings (SSSR count).